The maximum Gasteiger partial charge on any atom is 0.146 e. The molecule has 2 aromatic heterocycles. The first kappa shape index (κ1) is 42.9. The predicted molar refractivity (Wildman–Crippen MR) is 307 cm³/mol. The Labute approximate surface area is 434 Å². The SMILES string of the molecule is C1=C(N2c3ccccc3-c3c(n(C4=CC(c5ccccc5)NC(c5cccc6c5oc5ccccc56)N4)c4ccccc34)-c3ccccc32)NC(c2ccc(-c3cccc4ccccc34)cc2)N=C1c1ccccc1. The van der Waals surface area contributed by atoms with Gasteiger partial charge in [0.15, 0.2) is 0 Å². The van der Waals surface area contributed by atoms with Crippen molar-refractivity contribution in [2.75, 3.05) is 4.90 Å². The van der Waals surface area contributed by atoms with Gasteiger partial charge in [0.05, 0.1) is 34.3 Å². The van der Waals surface area contributed by atoms with Crippen LogP contribution in [0.4, 0.5) is 11.4 Å². The summed E-state index contributed by atoms with van der Waals surface area (Å²) in [4.78, 5) is 7.88. The fourth-order valence-electron chi connectivity index (χ4n) is 11.8. The van der Waals surface area contributed by atoms with Crippen molar-refractivity contribution in [1.29, 1.82) is 0 Å². The summed E-state index contributed by atoms with van der Waals surface area (Å²) in [6.45, 7) is 0. The number of allylic oxidation sites excluding steroid dienone is 1. The van der Waals surface area contributed by atoms with Crippen molar-refractivity contribution >= 4 is 66.5 Å². The summed E-state index contributed by atoms with van der Waals surface area (Å²) < 4.78 is 9.18. The highest BCUT2D eigenvalue weighted by molar-refractivity contribution is 6.14. The largest absolute Gasteiger partial charge is 0.456 e. The third-order valence-electron chi connectivity index (χ3n) is 15.3. The number of nitrogens with zero attached hydrogens (tertiary/aromatic N) is 3. The van der Waals surface area contributed by atoms with Gasteiger partial charge in [0, 0.05) is 44.5 Å². The van der Waals surface area contributed by atoms with Crippen LogP contribution in [0.25, 0.3) is 82.9 Å². The Bertz CT molecular complexity index is 4290. The number of rotatable bonds is 7. The molecule has 0 saturated heterocycles. The highest BCUT2D eigenvalue weighted by Gasteiger charge is 2.36. The average Bonchev–Trinajstić information content (AvgIpc) is 4.01. The van der Waals surface area contributed by atoms with Crippen molar-refractivity contribution in [3.05, 3.63) is 283 Å². The lowest BCUT2D eigenvalue weighted by atomic mass is 9.97. The highest BCUT2D eigenvalue weighted by atomic mass is 16.3. The van der Waals surface area contributed by atoms with Crippen LogP contribution in [0, 0.1) is 0 Å². The van der Waals surface area contributed by atoms with Crippen LogP contribution >= 0.6 is 0 Å². The molecule has 10 aromatic carbocycles. The Morgan fingerprint density at radius 2 is 1.09 bits per heavy atom. The number of para-hydroxylation sites is 5. The van der Waals surface area contributed by atoms with E-state index in [2.05, 4.69) is 274 Å². The maximum absolute atomic E-state index is 6.71. The van der Waals surface area contributed by atoms with E-state index in [9.17, 15) is 0 Å². The zero-order valence-electron chi connectivity index (χ0n) is 40.7. The Morgan fingerprint density at radius 1 is 0.453 bits per heavy atom. The third-order valence-corrected chi connectivity index (χ3v) is 15.3. The maximum atomic E-state index is 6.71. The molecule has 0 saturated carbocycles. The molecule has 5 heterocycles. The van der Waals surface area contributed by atoms with Gasteiger partial charge in [0.1, 0.15) is 35.1 Å². The van der Waals surface area contributed by atoms with Gasteiger partial charge in [-0.05, 0) is 68.9 Å². The molecule has 0 spiro atoms. The van der Waals surface area contributed by atoms with Gasteiger partial charge in [-0.1, -0.05) is 218 Å². The molecule has 75 heavy (non-hydrogen) atoms. The molecule has 12 aromatic rings. The molecule has 356 valence electrons. The number of aromatic nitrogens is 1. The van der Waals surface area contributed by atoms with Crippen molar-refractivity contribution < 1.29 is 4.42 Å². The highest BCUT2D eigenvalue weighted by Crippen LogP contribution is 2.54. The molecule has 3 atom stereocenters. The van der Waals surface area contributed by atoms with Crippen LogP contribution in [0.3, 0.4) is 0 Å². The minimum atomic E-state index is -0.381. The number of furan rings is 1. The van der Waals surface area contributed by atoms with Gasteiger partial charge < -0.3 is 15.1 Å². The Balaban J connectivity index is 0.903. The Kier molecular flexibility index (Phi) is 10.0. The van der Waals surface area contributed by atoms with Crippen LogP contribution in [-0.4, -0.2) is 10.3 Å². The summed E-state index contributed by atoms with van der Waals surface area (Å²) in [5.41, 5.74) is 17.1. The average molecular weight is 965 g/mol. The second-order valence-electron chi connectivity index (χ2n) is 19.6. The van der Waals surface area contributed by atoms with E-state index in [0.717, 1.165) is 95.1 Å². The minimum Gasteiger partial charge on any atom is -0.456 e. The van der Waals surface area contributed by atoms with Gasteiger partial charge in [-0.25, -0.2) is 0 Å². The number of nitrogens with one attached hydrogen (secondary N) is 3. The summed E-state index contributed by atoms with van der Waals surface area (Å²) in [5.74, 6) is 1.90. The van der Waals surface area contributed by atoms with Crippen LogP contribution in [0.5, 0.6) is 0 Å². The zero-order chi connectivity index (χ0) is 49.4. The molecule has 3 N–H and O–H groups in total. The summed E-state index contributed by atoms with van der Waals surface area (Å²) >= 11 is 0. The molecule has 15 rings (SSSR count). The molecule has 3 aliphatic heterocycles. The van der Waals surface area contributed by atoms with Crippen LogP contribution in [0.1, 0.15) is 40.6 Å². The number of benzene rings is 10. The van der Waals surface area contributed by atoms with E-state index in [-0.39, 0.29) is 18.4 Å². The molecule has 3 unspecified atom stereocenters. The van der Waals surface area contributed by atoms with Crippen molar-refractivity contribution in [3.63, 3.8) is 0 Å². The fourth-order valence-corrected chi connectivity index (χ4v) is 11.8. The number of aliphatic imine (C=N–C) groups is 1. The zero-order valence-corrected chi connectivity index (χ0v) is 40.7. The molecular weight excluding hydrogens is 917 g/mol. The van der Waals surface area contributed by atoms with Crippen LogP contribution in [0.2, 0.25) is 0 Å². The number of hydrogen-bond donors (Lipinski definition) is 3. The number of anilines is 2. The minimum absolute atomic E-state index is 0.140. The van der Waals surface area contributed by atoms with E-state index in [1.165, 1.54) is 33.0 Å². The predicted octanol–water partition coefficient (Wildman–Crippen LogP) is 16.2. The summed E-state index contributed by atoms with van der Waals surface area (Å²) in [5, 5.41) is 17.9. The van der Waals surface area contributed by atoms with E-state index in [1.807, 2.05) is 6.07 Å². The van der Waals surface area contributed by atoms with Gasteiger partial charge in [0.2, 0.25) is 0 Å². The molecule has 0 amide bonds. The molecule has 0 fully saturated rings. The van der Waals surface area contributed by atoms with Crippen molar-refractivity contribution in [3.8, 4) is 33.5 Å². The molecule has 7 nitrogen and oxygen atoms in total. The van der Waals surface area contributed by atoms with Crippen LogP contribution in [0.15, 0.2) is 270 Å². The van der Waals surface area contributed by atoms with Gasteiger partial charge >= 0.3 is 0 Å². The summed E-state index contributed by atoms with van der Waals surface area (Å²) in [6.07, 6.45) is 3.87. The van der Waals surface area contributed by atoms with Crippen molar-refractivity contribution in [1.82, 2.24) is 20.5 Å². The smallest absolute Gasteiger partial charge is 0.146 e. The molecule has 0 aliphatic carbocycles. The van der Waals surface area contributed by atoms with Crippen LogP contribution < -0.4 is 20.9 Å². The summed E-state index contributed by atoms with van der Waals surface area (Å²) in [7, 11) is 0. The number of fused-ring (bicyclic) bond motifs is 11. The Morgan fingerprint density at radius 3 is 1.93 bits per heavy atom. The lowest BCUT2D eigenvalue weighted by Gasteiger charge is -2.35. The van der Waals surface area contributed by atoms with E-state index in [4.69, 9.17) is 9.41 Å². The molecule has 7 heteroatoms. The first-order chi connectivity index (χ1) is 37.2. The Hall–Kier alpha value is -9.69. The topological polar surface area (TPSA) is 69.8 Å². The standard InChI is InChI=1S/C68H48N6O/c1-3-20-45(21-4-1)56-41-62(71-67(69-56)47-39-37-44(38-40-47)49-30-17-24-43-19-7-8-25-48(43)49)73-58-33-13-9-27-52(58)64-53-28-10-14-34-59(53)74(65(64)54-29-11-15-35-60(54)73)63-42-57(46-22-5-2-6-23-46)70-68(72-63)55-32-18-31-51-50-26-12-16-36-61(50)75-66(51)55/h1-42,57,67-68,70-72H. The van der Waals surface area contributed by atoms with Gasteiger partial charge in [-0.15, -0.1) is 0 Å². The molecule has 0 radical (unpaired) electrons. The quantitative estimate of drug-likeness (QED) is 0.148. The lowest BCUT2D eigenvalue weighted by molar-refractivity contribution is 0.433. The van der Waals surface area contributed by atoms with Crippen molar-refractivity contribution in [2.24, 2.45) is 4.99 Å². The summed E-state index contributed by atoms with van der Waals surface area (Å²) in [6, 6.07) is 86.6. The van der Waals surface area contributed by atoms with E-state index in [0.29, 0.717) is 0 Å². The second-order valence-corrected chi connectivity index (χ2v) is 19.6. The second kappa shape index (κ2) is 17.5. The first-order valence-corrected chi connectivity index (χ1v) is 25.7. The molecular formula is C68H48N6O. The number of hydrogen-bond acceptors (Lipinski definition) is 6. The monoisotopic (exact) mass is 964 g/mol. The van der Waals surface area contributed by atoms with Crippen molar-refractivity contribution in [2.45, 2.75) is 18.4 Å². The van der Waals surface area contributed by atoms with Crippen LogP contribution in [-0.2, 0) is 0 Å². The van der Waals surface area contributed by atoms with E-state index >= 15 is 0 Å². The third kappa shape index (κ3) is 7.12. The van der Waals surface area contributed by atoms with Gasteiger partial charge in [0.25, 0.3) is 0 Å². The lowest BCUT2D eigenvalue weighted by Crippen LogP contribution is -2.41. The van der Waals surface area contributed by atoms with Gasteiger partial charge in [-0.3, -0.25) is 19.8 Å². The fraction of sp³-hybridized carbons (Fsp3) is 0.0441. The van der Waals surface area contributed by atoms with E-state index < -0.39 is 0 Å². The first-order valence-electron chi connectivity index (χ1n) is 25.7. The molecule has 0 bridgehead atoms. The normalized spacial score (nSPS) is 17.0. The van der Waals surface area contributed by atoms with Gasteiger partial charge in [-0.2, -0.15) is 0 Å². The van der Waals surface area contributed by atoms with E-state index in [1.54, 1.807) is 0 Å². The molecule has 3 aliphatic rings.